The Hall–Kier alpha value is -2.22. The highest BCUT2D eigenvalue weighted by Gasteiger charge is 2.13. The van der Waals surface area contributed by atoms with Crippen LogP contribution < -0.4 is 0 Å². The van der Waals surface area contributed by atoms with E-state index in [1.54, 1.807) is 24.2 Å². The third-order valence-corrected chi connectivity index (χ3v) is 3.10. The number of hydrogen-bond donors (Lipinski definition) is 2. The summed E-state index contributed by atoms with van der Waals surface area (Å²) in [4.78, 5) is 16.6. The number of benzene rings is 1. The molecule has 0 saturated heterocycles. The number of nitrogens with zero attached hydrogens (tertiary/aromatic N) is 1. The highest BCUT2D eigenvalue weighted by atomic mass is 35.5. The molecule has 0 atom stereocenters. The molecule has 5 heteroatoms. The molecule has 2 rings (SSSR count). The number of hydrogen-bond acceptors (Lipinski definition) is 2. The minimum absolute atomic E-state index is 0.131. The van der Waals surface area contributed by atoms with Crippen LogP contribution in [0.15, 0.2) is 36.5 Å². The van der Waals surface area contributed by atoms with Crippen molar-refractivity contribution in [3.05, 3.63) is 58.4 Å². The van der Waals surface area contributed by atoms with Gasteiger partial charge in [-0.25, -0.2) is 0 Å². The first kappa shape index (κ1) is 15.2. The molecule has 2 N–H and O–H groups in total. The van der Waals surface area contributed by atoms with Crippen molar-refractivity contribution in [3.8, 4) is 11.8 Å². The summed E-state index contributed by atoms with van der Waals surface area (Å²) in [5.74, 6) is 5.32. The largest absolute Gasteiger partial charge is 0.384 e. The first-order valence-corrected chi connectivity index (χ1v) is 6.76. The lowest BCUT2D eigenvalue weighted by Gasteiger charge is -2.16. The Balaban J connectivity index is 2.08. The topological polar surface area (TPSA) is 56.3 Å². The van der Waals surface area contributed by atoms with Crippen molar-refractivity contribution in [3.63, 3.8) is 0 Å². The molecule has 0 aliphatic heterocycles. The van der Waals surface area contributed by atoms with E-state index in [9.17, 15) is 4.79 Å². The first-order chi connectivity index (χ1) is 10.1. The number of carbonyl (C=O) groups excluding carboxylic acids is 1. The van der Waals surface area contributed by atoms with Crippen LogP contribution in [0.2, 0.25) is 5.02 Å². The second-order valence-electron chi connectivity index (χ2n) is 4.55. The predicted molar refractivity (Wildman–Crippen MR) is 82.0 cm³/mol. The molecule has 0 spiro atoms. The molecule has 0 unspecified atom stereocenters. The Kier molecular flexibility index (Phi) is 5.04. The lowest BCUT2D eigenvalue weighted by atomic mass is 10.1. The normalized spacial score (nSPS) is 9.86. The summed E-state index contributed by atoms with van der Waals surface area (Å²) in [5.41, 5.74) is 2.23. The average Bonchev–Trinajstić information content (AvgIpc) is 2.91. The van der Waals surface area contributed by atoms with Gasteiger partial charge in [0.1, 0.15) is 12.3 Å². The molecule has 21 heavy (non-hydrogen) atoms. The van der Waals surface area contributed by atoms with Crippen LogP contribution >= 0.6 is 11.6 Å². The molecule has 1 aromatic heterocycles. The van der Waals surface area contributed by atoms with E-state index in [0.29, 0.717) is 17.3 Å². The van der Waals surface area contributed by atoms with Gasteiger partial charge in [0.05, 0.1) is 5.02 Å². The van der Waals surface area contributed by atoms with E-state index in [1.807, 2.05) is 24.3 Å². The van der Waals surface area contributed by atoms with Crippen LogP contribution in [0, 0.1) is 11.8 Å². The second-order valence-corrected chi connectivity index (χ2v) is 4.99. The number of carbonyl (C=O) groups is 1. The van der Waals surface area contributed by atoms with E-state index in [4.69, 9.17) is 16.7 Å². The Labute approximate surface area is 128 Å². The van der Waals surface area contributed by atoms with Crippen LogP contribution in [-0.4, -0.2) is 34.6 Å². The number of rotatable bonds is 3. The lowest BCUT2D eigenvalue weighted by Crippen LogP contribution is -2.26. The third kappa shape index (κ3) is 4.12. The summed E-state index contributed by atoms with van der Waals surface area (Å²) >= 11 is 5.80. The molecule has 0 radical (unpaired) electrons. The highest BCUT2D eigenvalue weighted by molar-refractivity contribution is 6.30. The van der Waals surface area contributed by atoms with Gasteiger partial charge in [-0.2, -0.15) is 0 Å². The zero-order valence-corrected chi connectivity index (χ0v) is 12.3. The van der Waals surface area contributed by atoms with Crippen LogP contribution in [0.25, 0.3) is 0 Å². The van der Waals surface area contributed by atoms with Crippen molar-refractivity contribution in [2.24, 2.45) is 0 Å². The van der Waals surface area contributed by atoms with E-state index in [-0.39, 0.29) is 12.5 Å². The molecule has 1 aromatic carbocycles. The van der Waals surface area contributed by atoms with Gasteiger partial charge in [-0.3, -0.25) is 4.79 Å². The van der Waals surface area contributed by atoms with Crippen molar-refractivity contribution in [2.45, 2.75) is 6.54 Å². The molecule has 0 bridgehead atoms. The Morgan fingerprint density at radius 2 is 2.24 bits per heavy atom. The van der Waals surface area contributed by atoms with Crippen LogP contribution in [0.1, 0.15) is 21.6 Å². The molecule has 2 aromatic rings. The zero-order chi connectivity index (χ0) is 15.2. The molecule has 1 heterocycles. The van der Waals surface area contributed by atoms with E-state index in [0.717, 1.165) is 11.1 Å². The minimum atomic E-state index is -0.170. The van der Waals surface area contributed by atoms with E-state index in [2.05, 4.69) is 16.8 Å². The maximum absolute atomic E-state index is 12.2. The first-order valence-electron chi connectivity index (χ1n) is 6.38. The summed E-state index contributed by atoms with van der Waals surface area (Å²) in [6, 6.07) is 9.16. The van der Waals surface area contributed by atoms with Crippen LogP contribution in [-0.2, 0) is 6.54 Å². The summed E-state index contributed by atoms with van der Waals surface area (Å²) in [6.07, 6.45) is 1.58. The number of aromatic nitrogens is 1. The zero-order valence-electron chi connectivity index (χ0n) is 11.6. The van der Waals surface area contributed by atoms with Crippen molar-refractivity contribution in [2.75, 3.05) is 13.7 Å². The van der Waals surface area contributed by atoms with Gasteiger partial charge in [-0.1, -0.05) is 35.6 Å². The number of nitrogens with one attached hydrogen (secondary N) is 1. The minimum Gasteiger partial charge on any atom is -0.384 e. The molecular weight excluding hydrogens is 288 g/mol. The van der Waals surface area contributed by atoms with Gasteiger partial charge in [0.25, 0.3) is 5.91 Å². The Morgan fingerprint density at radius 1 is 1.43 bits per heavy atom. The molecule has 108 valence electrons. The number of halogens is 1. The van der Waals surface area contributed by atoms with Crippen molar-refractivity contribution < 1.29 is 9.90 Å². The maximum atomic E-state index is 12.2. The number of aliphatic hydroxyl groups is 1. The lowest BCUT2D eigenvalue weighted by molar-refractivity contribution is 0.0780. The molecule has 0 aliphatic rings. The van der Waals surface area contributed by atoms with Gasteiger partial charge in [0.2, 0.25) is 0 Å². The highest BCUT2D eigenvalue weighted by Crippen LogP contribution is 2.13. The van der Waals surface area contributed by atoms with Gasteiger partial charge in [-0.05, 0) is 23.8 Å². The van der Waals surface area contributed by atoms with E-state index in [1.165, 1.54) is 0 Å². The second kappa shape index (κ2) is 6.98. The van der Waals surface area contributed by atoms with Crippen molar-refractivity contribution in [1.82, 2.24) is 9.88 Å². The van der Waals surface area contributed by atoms with E-state index < -0.39 is 0 Å². The smallest absolute Gasteiger partial charge is 0.270 e. The summed E-state index contributed by atoms with van der Waals surface area (Å²) in [6.45, 7) is 0.292. The van der Waals surface area contributed by atoms with Gasteiger partial charge >= 0.3 is 0 Å². The predicted octanol–water partition coefficient (Wildman–Crippen LogP) is 2.28. The standard InChI is InChI=1S/C16H15ClN2O2/c1-19(16(21)15-9-14(17)10-18-15)11-13-5-2-4-12(8-13)6-3-7-20/h2,4-5,8-10,18,20H,7,11H2,1H3. The monoisotopic (exact) mass is 302 g/mol. The molecule has 0 fully saturated rings. The Bertz CT molecular complexity index is 698. The fraction of sp³-hybridized carbons (Fsp3) is 0.188. The number of aromatic amines is 1. The van der Waals surface area contributed by atoms with Gasteiger partial charge < -0.3 is 15.0 Å². The fourth-order valence-corrected chi connectivity index (χ4v) is 2.10. The van der Waals surface area contributed by atoms with Gasteiger partial charge in [0, 0.05) is 25.4 Å². The summed E-state index contributed by atoms with van der Waals surface area (Å²) in [7, 11) is 1.73. The quantitative estimate of drug-likeness (QED) is 0.855. The maximum Gasteiger partial charge on any atom is 0.270 e. The van der Waals surface area contributed by atoms with Crippen LogP contribution in [0.5, 0.6) is 0 Å². The molecule has 0 saturated carbocycles. The van der Waals surface area contributed by atoms with Gasteiger partial charge in [-0.15, -0.1) is 0 Å². The molecule has 4 nitrogen and oxygen atoms in total. The average molecular weight is 303 g/mol. The molecule has 1 amide bonds. The van der Waals surface area contributed by atoms with Crippen molar-refractivity contribution >= 4 is 17.5 Å². The Morgan fingerprint density at radius 3 is 2.90 bits per heavy atom. The number of aliphatic hydroxyl groups excluding tert-OH is 1. The third-order valence-electron chi connectivity index (χ3n) is 2.88. The number of amides is 1. The molecule has 0 aliphatic carbocycles. The SMILES string of the molecule is CN(Cc1cccc(C#CCO)c1)C(=O)c1cc(Cl)c[nH]1. The van der Waals surface area contributed by atoms with Crippen molar-refractivity contribution in [1.29, 1.82) is 0 Å². The van der Waals surface area contributed by atoms with Crippen LogP contribution in [0.3, 0.4) is 0 Å². The van der Waals surface area contributed by atoms with E-state index >= 15 is 0 Å². The van der Waals surface area contributed by atoms with Crippen LogP contribution in [0.4, 0.5) is 0 Å². The van der Waals surface area contributed by atoms with Gasteiger partial charge in [0.15, 0.2) is 0 Å². The number of H-pyrrole nitrogens is 1. The molecular formula is C16H15ClN2O2. The fourth-order valence-electron chi connectivity index (χ4n) is 1.93. The summed E-state index contributed by atoms with van der Waals surface area (Å²) < 4.78 is 0. The summed E-state index contributed by atoms with van der Waals surface area (Å²) in [5, 5.41) is 9.21.